The van der Waals surface area contributed by atoms with E-state index in [0.29, 0.717) is 18.8 Å². The molecule has 1 aromatic heterocycles. The Labute approximate surface area is 134 Å². The van der Waals surface area contributed by atoms with Crippen LogP contribution < -0.4 is 10.0 Å². The molecule has 2 N–H and O–H groups in total. The van der Waals surface area contributed by atoms with Crippen LogP contribution >= 0.6 is 0 Å². The molecule has 0 fully saturated rings. The van der Waals surface area contributed by atoms with Crippen LogP contribution in [0.15, 0.2) is 41.4 Å². The molecule has 0 aliphatic carbocycles. The van der Waals surface area contributed by atoms with E-state index in [9.17, 15) is 12.8 Å². The molecule has 1 aromatic carbocycles. The molecule has 122 valence electrons. The Morgan fingerprint density at radius 1 is 1.35 bits per heavy atom. The molecule has 6 nitrogen and oxygen atoms in total. The third-order valence-corrected chi connectivity index (χ3v) is 5.03. The van der Waals surface area contributed by atoms with Crippen molar-refractivity contribution in [3.63, 3.8) is 0 Å². The van der Waals surface area contributed by atoms with Crippen LogP contribution in [0.4, 0.5) is 4.39 Å². The summed E-state index contributed by atoms with van der Waals surface area (Å²) in [5.74, 6) is -0.303. The predicted octanol–water partition coefficient (Wildman–Crippen LogP) is 1.12. The molecule has 1 aliphatic heterocycles. The quantitative estimate of drug-likeness (QED) is 0.858. The fourth-order valence-corrected chi connectivity index (χ4v) is 3.53. The molecule has 2 aromatic rings. The van der Waals surface area contributed by atoms with E-state index in [1.165, 1.54) is 18.3 Å². The van der Waals surface area contributed by atoms with Gasteiger partial charge in [-0.05, 0) is 17.7 Å². The van der Waals surface area contributed by atoms with Crippen molar-refractivity contribution < 1.29 is 12.8 Å². The number of benzene rings is 1. The van der Waals surface area contributed by atoms with Gasteiger partial charge in [-0.2, -0.15) is 5.10 Å². The lowest BCUT2D eigenvalue weighted by Gasteiger charge is -2.16. The van der Waals surface area contributed by atoms with Crippen LogP contribution in [0.3, 0.4) is 0 Å². The van der Waals surface area contributed by atoms with Crippen LogP contribution in [-0.4, -0.2) is 31.3 Å². The third kappa shape index (κ3) is 3.66. The minimum absolute atomic E-state index is 0.151. The highest BCUT2D eigenvalue weighted by Gasteiger charge is 2.23. The van der Waals surface area contributed by atoms with E-state index in [2.05, 4.69) is 15.1 Å². The fourth-order valence-electron chi connectivity index (χ4n) is 2.39. The number of halogens is 1. The Balaban J connectivity index is 1.65. The molecule has 0 amide bonds. The average molecular weight is 336 g/mol. The van der Waals surface area contributed by atoms with Crippen molar-refractivity contribution >= 4 is 16.1 Å². The van der Waals surface area contributed by atoms with Gasteiger partial charge in [0, 0.05) is 19.6 Å². The normalized spacial score (nSPS) is 15.0. The number of nitrogens with zero attached hydrogens (tertiary/aromatic N) is 2. The lowest BCUT2D eigenvalue weighted by Crippen LogP contribution is -2.31. The van der Waals surface area contributed by atoms with Crippen LogP contribution in [0.5, 0.6) is 0 Å². The first-order chi connectivity index (χ1) is 11.1. The first-order valence-corrected chi connectivity index (χ1v) is 8.72. The summed E-state index contributed by atoms with van der Waals surface area (Å²) in [5, 5.41) is 7.25. The van der Waals surface area contributed by atoms with Crippen molar-refractivity contribution in [3.05, 3.63) is 53.6 Å². The Bertz CT molecular complexity index is 813. The molecule has 1 aliphatic rings. The second-order valence-corrected chi connectivity index (χ2v) is 6.90. The van der Waals surface area contributed by atoms with Crippen molar-refractivity contribution in [1.29, 1.82) is 0 Å². The van der Waals surface area contributed by atoms with Crippen LogP contribution in [0.25, 0.3) is 6.08 Å². The zero-order valence-corrected chi connectivity index (χ0v) is 13.2. The van der Waals surface area contributed by atoms with Crippen LogP contribution in [0.1, 0.15) is 11.3 Å². The maximum atomic E-state index is 12.8. The summed E-state index contributed by atoms with van der Waals surface area (Å²) in [6, 6.07) is 5.96. The lowest BCUT2D eigenvalue weighted by molar-refractivity contribution is 0.470. The predicted molar refractivity (Wildman–Crippen MR) is 84.6 cm³/mol. The summed E-state index contributed by atoms with van der Waals surface area (Å²) in [7, 11) is -3.60. The fraction of sp³-hybridized carbons (Fsp3) is 0.267. The summed E-state index contributed by atoms with van der Waals surface area (Å²) in [5.41, 5.74) is 1.48. The van der Waals surface area contributed by atoms with Crippen molar-refractivity contribution in [2.24, 2.45) is 0 Å². The van der Waals surface area contributed by atoms with E-state index >= 15 is 0 Å². The number of aromatic nitrogens is 2. The summed E-state index contributed by atoms with van der Waals surface area (Å²) < 4.78 is 41.7. The summed E-state index contributed by atoms with van der Waals surface area (Å²) in [6.45, 7) is 2.08. The van der Waals surface area contributed by atoms with Crippen LogP contribution in [-0.2, 0) is 23.1 Å². The van der Waals surface area contributed by atoms with Crippen LogP contribution in [0.2, 0.25) is 0 Å². The number of fused-ring (bicyclic) bond motifs is 1. The summed E-state index contributed by atoms with van der Waals surface area (Å²) >= 11 is 0. The van der Waals surface area contributed by atoms with Crippen molar-refractivity contribution in [1.82, 2.24) is 19.8 Å². The van der Waals surface area contributed by atoms with Gasteiger partial charge in [0.1, 0.15) is 10.7 Å². The van der Waals surface area contributed by atoms with Gasteiger partial charge in [0.2, 0.25) is 10.0 Å². The minimum atomic E-state index is -3.60. The van der Waals surface area contributed by atoms with Gasteiger partial charge in [0.15, 0.2) is 0 Å². The van der Waals surface area contributed by atoms with Gasteiger partial charge in [-0.1, -0.05) is 24.3 Å². The first kappa shape index (κ1) is 15.9. The van der Waals surface area contributed by atoms with Gasteiger partial charge in [0.05, 0.1) is 18.4 Å². The lowest BCUT2D eigenvalue weighted by atomic mass is 10.2. The second kappa shape index (κ2) is 6.61. The van der Waals surface area contributed by atoms with E-state index in [-0.39, 0.29) is 17.3 Å². The van der Waals surface area contributed by atoms with Crippen molar-refractivity contribution in [2.45, 2.75) is 18.0 Å². The Morgan fingerprint density at radius 2 is 2.13 bits per heavy atom. The molecule has 3 rings (SSSR count). The number of nitrogens with one attached hydrogen (secondary N) is 2. The topological polar surface area (TPSA) is 76.0 Å². The monoisotopic (exact) mass is 336 g/mol. The second-order valence-electron chi connectivity index (χ2n) is 5.16. The highest BCUT2D eigenvalue weighted by molar-refractivity contribution is 7.89. The number of hydrogen-bond donors (Lipinski definition) is 2. The standard InChI is InChI=1S/C15H17FN4O2S/c16-13-5-3-12(4-6-13)2-1-7-19-23(21,22)15-11-18-20-9-8-17-10-14(15)20/h1-6,11,17,19H,7-10H2/b2-1+. The van der Waals surface area contributed by atoms with Gasteiger partial charge < -0.3 is 5.32 Å². The van der Waals surface area contributed by atoms with Crippen molar-refractivity contribution in [2.75, 3.05) is 13.1 Å². The van der Waals surface area contributed by atoms with Gasteiger partial charge >= 0.3 is 0 Å². The minimum Gasteiger partial charge on any atom is -0.309 e. The smallest absolute Gasteiger partial charge is 0.244 e. The van der Waals surface area contributed by atoms with Gasteiger partial charge in [-0.15, -0.1) is 0 Å². The highest BCUT2D eigenvalue weighted by Crippen LogP contribution is 2.16. The van der Waals surface area contributed by atoms with E-state index < -0.39 is 10.0 Å². The SMILES string of the molecule is O=S(=O)(NC/C=C/c1ccc(F)cc1)c1cnn2c1CNCC2. The highest BCUT2D eigenvalue weighted by atomic mass is 32.2. The Hall–Kier alpha value is -2.03. The van der Waals surface area contributed by atoms with Gasteiger partial charge in [0.25, 0.3) is 0 Å². The Morgan fingerprint density at radius 3 is 2.91 bits per heavy atom. The maximum Gasteiger partial charge on any atom is 0.244 e. The van der Waals surface area contributed by atoms with Crippen LogP contribution in [0, 0.1) is 5.82 Å². The Kier molecular flexibility index (Phi) is 4.56. The number of hydrogen-bond acceptors (Lipinski definition) is 4. The van der Waals surface area contributed by atoms with E-state index in [0.717, 1.165) is 12.1 Å². The molecule has 0 atom stereocenters. The molecule has 2 heterocycles. The molecule has 23 heavy (non-hydrogen) atoms. The number of rotatable bonds is 5. The van der Waals surface area contributed by atoms with E-state index in [1.54, 1.807) is 29.0 Å². The van der Waals surface area contributed by atoms with E-state index in [1.807, 2.05) is 0 Å². The van der Waals surface area contributed by atoms with Crippen molar-refractivity contribution in [3.8, 4) is 0 Å². The summed E-state index contributed by atoms with van der Waals surface area (Å²) in [4.78, 5) is 0.208. The zero-order chi connectivity index (χ0) is 16.3. The molecule has 0 saturated heterocycles. The average Bonchev–Trinajstić information content (AvgIpc) is 2.98. The molecule has 0 spiro atoms. The number of sulfonamides is 1. The maximum absolute atomic E-state index is 12.8. The first-order valence-electron chi connectivity index (χ1n) is 7.23. The largest absolute Gasteiger partial charge is 0.309 e. The zero-order valence-electron chi connectivity index (χ0n) is 12.4. The van der Waals surface area contributed by atoms with Gasteiger partial charge in [-0.3, -0.25) is 4.68 Å². The van der Waals surface area contributed by atoms with E-state index in [4.69, 9.17) is 0 Å². The molecular weight excluding hydrogens is 319 g/mol. The molecule has 0 saturated carbocycles. The molecule has 0 bridgehead atoms. The molecule has 8 heteroatoms. The molecular formula is C15H17FN4O2S. The van der Waals surface area contributed by atoms with Gasteiger partial charge in [-0.25, -0.2) is 17.5 Å². The molecule has 0 radical (unpaired) electrons. The third-order valence-electron chi connectivity index (χ3n) is 3.56. The summed E-state index contributed by atoms with van der Waals surface area (Å²) in [6.07, 6.45) is 4.80. The molecule has 0 unspecified atom stereocenters.